The largest absolute Gasteiger partial charge is 0.397 e. The summed E-state index contributed by atoms with van der Waals surface area (Å²) in [4.78, 5) is 4.54. The highest BCUT2D eigenvalue weighted by molar-refractivity contribution is 7.92. The zero-order valence-corrected chi connectivity index (χ0v) is 24.2. The Hall–Kier alpha value is -5.00. The second kappa shape index (κ2) is 11.7. The third kappa shape index (κ3) is 5.72. The molecule has 0 atom stereocenters. The van der Waals surface area contributed by atoms with Crippen LogP contribution in [0.4, 0.5) is 22.9 Å². The van der Waals surface area contributed by atoms with Crippen LogP contribution < -0.4 is 20.8 Å². The van der Waals surface area contributed by atoms with Gasteiger partial charge in [0.05, 0.1) is 21.7 Å². The SMILES string of the molecule is C=C(C(c1ccccc1)c1ccccc1)N1CCN(c2ccc3c(NS(=O)(=O)c4ccc(N)c(NO)c4)noc3c2)CC1. The lowest BCUT2D eigenvalue weighted by atomic mass is 9.88. The molecule has 1 aliphatic rings. The van der Waals surface area contributed by atoms with Gasteiger partial charge in [-0.15, -0.1) is 0 Å². The summed E-state index contributed by atoms with van der Waals surface area (Å²) in [7, 11) is -4.02. The predicted octanol–water partition coefficient (Wildman–Crippen LogP) is 5.48. The first-order valence-electron chi connectivity index (χ1n) is 13.8. The van der Waals surface area contributed by atoms with Crippen LogP contribution in [0.15, 0.2) is 119 Å². The number of nitrogens with zero attached hydrogens (tertiary/aromatic N) is 3. The van der Waals surface area contributed by atoms with E-state index in [0.29, 0.717) is 11.0 Å². The van der Waals surface area contributed by atoms with E-state index in [1.165, 1.54) is 29.3 Å². The van der Waals surface area contributed by atoms with E-state index in [9.17, 15) is 13.6 Å². The molecule has 2 heterocycles. The number of rotatable bonds is 9. The summed E-state index contributed by atoms with van der Waals surface area (Å²) >= 11 is 0. The number of piperazine rings is 1. The van der Waals surface area contributed by atoms with Gasteiger partial charge in [0.25, 0.3) is 10.0 Å². The van der Waals surface area contributed by atoms with Crippen molar-refractivity contribution >= 4 is 43.9 Å². The van der Waals surface area contributed by atoms with Gasteiger partial charge in [0.2, 0.25) is 0 Å². The van der Waals surface area contributed by atoms with Gasteiger partial charge in [0.15, 0.2) is 11.4 Å². The Morgan fingerprint density at radius 2 is 1.56 bits per heavy atom. The van der Waals surface area contributed by atoms with E-state index in [2.05, 4.69) is 74.8 Å². The van der Waals surface area contributed by atoms with Gasteiger partial charge in [0, 0.05) is 49.5 Å². The quantitative estimate of drug-likeness (QED) is 0.129. The monoisotopic (exact) mass is 596 g/mol. The second-order valence-electron chi connectivity index (χ2n) is 10.4. The van der Waals surface area contributed by atoms with Crippen LogP contribution >= 0.6 is 0 Å². The van der Waals surface area contributed by atoms with Crippen molar-refractivity contribution in [1.29, 1.82) is 0 Å². The standard InChI is InChI=1S/C32H32N6O4S/c1-22(31(23-8-4-2-5-9-23)24-10-6-3-7-11-24)37-16-18-38(19-17-37)25-12-14-27-30(20-25)42-35-32(27)36-43(40,41)26-13-15-28(33)29(21-26)34-39/h2-15,20-21,31,34,39H,1,16-19,33H2,(H,35,36). The lowest BCUT2D eigenvalue weighted by molar-refractivity contribution is 0.309. The van der Waals surface area contributed by atoms with Gasteiger partial charge in [-0.2, -0.15) is 0 Å². The molecule has 0 radical (unpaired) electrons. The molecule has 1 fully saturated rings. The van der Waals surface area contributed by atoms with Crippen molar-refractivity contribution in [2.24, 2.45) is 0 Å². The normalized spacial score (nSPS) is 13.8. The molecule has 1 aliphatic heterocycles. The van der Waals surface area contributed by atoms with E-state index < -0.39 is 10.0 Å². The Balaban J connectivity index is 1.16. The van der Waals surface area contributed by atoms with E-state index in [0.717, 1.165) is 37.6 Å². The van der Waals surface area contributed by atoms with Gasteiger partial charge in [-0.05, 0) is 41.5 Å². The van der Waals surface area contributed by atoms with Crippen molar-refractivity contribution < 1.29 is 18.1 Å². The summed E-state index contributed by atoms with van der Waals surface area (Å²) in [5.41, 5.74) is 12.8. The summed E-state index contributed by atoms with van der Waals surface area (Å²) in [5, 5.41) is 13.7. The minimum absolute atomic E-state index is 0.0708. The fourth-order valence-corrected chi connectivity index (χ4v) is 6.52. The number of hydrogen-bond acceptors (Lipinski definition) is 9. The molecule has 1 aromatic heterocycles. The molecule has 4 aromatic carbocycles. The van der Waals surface area contributed by atoms with Crippen LogP contribution in [0.2, 0.25) is 0 Å². The van der Waals surface area contributed by atoms with Crippen molar-refractivity contribution in [1.82, 2.24) is 10.1 Å². The number of aromatic nitrogens is 1. The van der Waals surface area contributed by atoms with E-state index in [1.807, 2.05) is 29.7 Å². The molecule has 1 saturated heterocycles. The summed E-state index contributed by atoms with van der Waals surface area (Å²) < 4.78 is 34.0. The van der Waals surface area contributed by atoms with Gasteiger partial charge in [-0.3, -0.25) is 15.4 Å². The predicted molar refractivity (Wildman–Crippen MR) is 169 cm³/mol. The van der Waals surface area contributed by atoms with E-state index in [1.54, 1.807) is 6.07 Å². The number of anilines is 4. The highest BCUT2D eigenvalue weighted by Crippen LogP contribution is 2.35. The molecule has 0 spiro atoms. The van der Waals surface area contributed by atoms with Crippen LogP contribution in [0, 0.1) is 0 Å². The van der Waals surface area contributed by atoms with Crippen LogP contribution in [-0.4, -0.2) is 49.9 Å². The van der Waals surface area contributed by atoms with E-state index >= 15 is 0 Å². The van der Waals surface area contributed by atoms with Crippen LogP contribution in [-0.2, 0) is 10.0 Å². The Labute approximate surface area is 250 Å². The van der Waals surface area contributed by atoms with Gasteiger partial charge < -0.3 is 20.1 Å². The maximum Gasteiger partial charge on any atom is 0.263 e. The summed E-state index contributed by atoms with van der Waals surface area (Å²) in [5.74, 6) is 0.146. The Bertz CT molecular complexity index is 1810. The summed E-state index contributed by atoms with van der Waals surface area (Å²) in [6.07, 6.45) is 0. The first kappa shape index (κ1) is 28.1. The molecule has 0 saturated carbocycles. The average Bonchev–Trinajstić information content (AvgIpc) is 3.43. The lowest BCUT2D eigenvalue weighted by Crippen LogP contribution is -2.46. The molecule has 43 heavy (non-hydrogen) atoms. The smallest absolute Gasteiger partial charge is 0.263 e. The van der Waals surface area contributed by atoms with Gasteiger partial charge in [0.1, 0.15) is 0 Å². The number of benzene rings is 4. The zero-order valence-electron chi connectivity index (χ0n) is 23.3. The van der Waals surface area contributed by atoms with Gasteiger partial charge in [-0.1, -0.05) is 72.4 Å². The molecule has 0 aliphatic carbocycles. The molecule has 5 N–H and O–H groups in total. The minimum atomic E-state index is -4.02. The number of nitrogens with two attached hydrogens (primary N) is 1. The molecular weight excluding hydrogens is 564 g/mol. The van der Waals surface area contributed by atoms with Crippen LogP contribution in [0.25, 0.3) is 11.0 Å². The molecule has 10 nitrogen and oxygen atoms in total. The zero-order chi connectivity index (χ0) is 30.0. The van der Waals surface area contributed by atoms with Crippen LogP contribution in [0.3, 0.4) is 0 Å². The van der Waals surface area contributed by atoms with E-state index in [-0.39, 0.29) is 28.0 Å². The average molecular weight is 597 g/mol. The molecule has 0 amide bonds. The number of fused-ring (bicyclic) bond motifs is 1. The maximum absolute atomic E-state index is 13.0. The fourth-order valence-electron chi connectivity index (χ4n) is 5.48. The Morgan fingerprint density at radius 1 is 0.907 bits per heavy atom. The van der Waals surface area contributed by atoms with Gasteiger partial charge >= 0.3 is 0 Å². The topological polar surface area (TPSA) is 137 Å². The number of allylic oxidation sites excluding steroid dienone is 1. The third-order valence-corrected chi connectivity index (χ3v) is 9.13. The molecule has 0 bridgehead atoms. The summed E-state index contributed by atoms with van der Waals surface area (Å²) in [6, 6.07) is 30.5. The maximum atomic E-state index is 13.0. The van der Waals surface area contributed by atoms with Gasteiger partial charge in [-0.25, -0.2) is 8.42 Å². The van der Waals surface area contributed by atoms with Crippen molar-refractivity contribution in [3.63, 3.8) is 0 Å². The Morgan fingerprint density at radius 3 is 2.19 bits per heavy atom. The fraction of sp³-hybridized carbons (Fsp3) is 0.156. The third-order valence-electron chi connectivity index (χ3n) is 7.79. The molecule has 0 unspecified atom stereocenters. The van der Waals surface area contributed by atoms with Crippen LogP contribution in [0.5, 0.6) is 0 Å². The van der Waals surface area contributed by atoms with Crippen molar-refractivity contribution in [2.45, 2.75) is 10.8 Å². The lowest BCUT2D eigenvalue weighted by Gasteiger charge is -2.40. The highest BCUT2D eigenvalue weighted by atomic mass is 32.2. The molecule has 6 rings (SSSR count). The van der Waals surface area contributed by atoms with Crippen molar-refractivity contribution in [3.8, 4) is 0 Å². The molecule has 5 aromatic rings. The first-order valence-corrected chi connectivity index (χ1v) is 15.3. The van der Waals surface area contributed by atoms with E-state index in [4.69, 9.17) is 10.3 Å². The molecule has 220 valence electrons. The summed E-state index contributed by atoms with van der Waals surface area (Å²) in [6.45, 7) is 7.73. The number of nitrogen functional groups attached to an aromatic ring is 1. The second-order valence-corrected chi connectivity index (χ2v) is 12.1. The highest BCUT2D eigenvalue weighted by Gasteiger charge is 2.26. The van der Waals surface area contributed by atoms with Crippen molar-refractivity contribution in [3.05, 3.63) is 120 Å². The number of sulfonamides is 1. The van der Waals surface area contributed by atoms with Crippen molar-refractivity contribution in [2.75, 3.05) is 47.0 Å². The number of nitrogens with one attached hydrogen (secondary N) is 2. The van der Waals surface area contributed by atoms with Crippen LogP contribution in [0.1, 0.15) is 17.0 Å². The number of hydrogen-bond donors (Lipinski definition) is 4. The first-order chi connectivity index (χ1) is 20.8. The molecule has 11 heteroatoms. The molecular formula is C32H32N6O4S. The minimum Gasteiger partial charge on any atom is -0.397 e. The Kier molecular flexibility index (Phi) is 7.66.